The quantitative estimate of drug-likeness (QED) is 0.690. The normalized spacial score (nSPS) is 49.0. The number of nitrogens with one attached hydrogen (secondary N) is 1. The van der Waals surface area contributed by atoms with Crippen LogP contribution in [0.1, 0.15) is 38.5 Å². The van der Waals surface area contributed by atoms with E-state index in [4.69, 9.17) is 0 Å². The van der Waals surface area contributed by atoms with Crippen LogP contribution in [0.25, 0.3) is 0 Å². The van der Waals surface area contributed by atoms with E-state index < -0.39 is 0 Å². The minimum Gasteiger partial charge on any atom is -0.388 e. The van der Waals surface area contributed by atoms with Crippen LogP contribution in [0.5, 0.6) is 0 Å². The molecule has 4 unspecified atom stereocenters. The fraction of sp³-hybridized carbons (Fsp3) is 0.867. The predicted molar refractivity (Wildman–Crippen MR) is 69.6 cm³/mol. The third-order valence-electron chi connectivity index (χ3n) is 5.96. The van der Waals surface area contributed by atoms with Crippen LogP contribution in [-0.2, 0) is 0 Å². The van der Waals surface area contributed by atoms with Crippen LogP contribution >= 0.6 is 0 Å². The molecule has 2 aliphatic heterocycles. The molecular formula is C15H24N2. The van der Waals surface area contributed by atoms with E-state index in [-0.39, 0.29) is 0 Å². The number of hydrogen-bond acceptors (Lipinski definition) is 2. The van der Waals surface area contributed by atoms with E-state index in [2.05, 4.69) is 23.5 Å². The van der Waals surface area contributed by atoms with E-state index >= 15 is 0 Å². The molecule has 0 aromatic heterocycles. The van der Waals surface area contributed by atoms with Crippen LogP contribution in [-0.4, -0.2) is 30.6 Å². The molecule has 2 heteroatoms. The zero-order valence-electron chi connectivity index (χ0n) is 10.9. The largest absolute Gasteiger partial charge is 0.388 e. The average Bonchev–Trinajstić information content (AvgIpc) is 2.76. The van der Waals surface area contributed by atoms with Gasteiger partial charge in [-0.05, 0) is 69.3 Å². The minimum absolute atomic E-state index is 0.803. The topological polar surface area (TPSA) is 15.3 Å². The summed E-state index contributed by atoms with van der Waals surface area (Å²) < 4.78 is 0. The molecule has 0 aromatic rings. The van der Waals surface area contributed by atoms with Crippen LogP contribution in [0.2, 0.25) is 0 Å². The lowest BCUT2D eigenvalue weighted by atomic mass is 9.59. The van der Waals surface area contributed by atoms with Gasteiger partial charge in [-0.15, -0.1) is 0 Å². The smallest absolute Gasteiger partial charge is 0.0324 e. The number of fused-ring (bicyclic) bond motifs is 2. The molecule has 3 fully saturated rings. The second kappa shape index (κ2) is 3.74. The van der Waals surface area contributed by atoms with Gasteiger partial charge in [0.15, 0.2) is 0 Å². The van der Waals surface area contributed by atoms with Crippen molar-refractivity contribution in [2.24, 2.45) is 17.8 Å². The summed E-state index contributed by atoms with van der Waals surface area (Å²) in [5.74, 6) is 2.91. The molecule has 2 nitrogen and oxygen atoms in total. The summed E-state index contributed by atoms with van der Waals surface area (Å²) in [6, 6.07) is 1.66. The van der Waals surface area contributed by atoms with Crippen molar-refractivity contribution in [2.45, 2.75) is 50.6 Å². The van der Waals surface area contributed by atoms with E-state index in [0.29, 0.717) is 0 Å². The number of rotatable bonds is 0. The molecule has 5 atom stereocenters. The number of piperidine rings is 1. The maximum absolute atomic E-state index is 3.67. The van der Waals surface area contributed by atoms with Crippen molar-refractivity contribution < 1.29 is 0 Å². The first kappa shape index (κ1) is 10.4. The molecule has 0 bridgehead atoms. The Morgan fingerprint density at radius 3 is 3.00 bits per heavy atom. The highest BCUT2D eigenvalue weighted by atomic mass is 15.1. The first-order valence-electron chi connectivity index (χ1n) is 7.50. The second-order valence-corrected chi connectivity index (χ2v) is 6.67. The van der Waals surface area contributed by atoms with Crippen molar-refractivity contribution in [3.63, 3.8) is 0 Å². The summed E-state index contributed by atoms with van der Waals surface area (Å²) in [5, 5.41) is 3.67. The lowest BCUT2D eigenvalue weighted by molar-refractivity contribution is 0.0170. The summed E-state index contributed by atoms with van der Waals surface area (Å²) in [4.78, 5) is 2.65. The lowest BCUT2D eigenvalue weighted by Crippen LogP contribution is -2.53. The van der Waals surface area contributed by atoms with Gasteiger partial charge in [0.25, 0.3) is 0 Å². The zero-order chi connectivity index (χ0) is 11.4. The lowest BCUT2D eigenvalue weighted by Gasteiger charge is -2.52. The highest BCUT2D eigenvalue weighted by Crippen LogP contribution is 2.51. The van der Waals surface area contributed by atoms with E-state index in [1.807, 2.05) is 0 Å². The Morgan fingerprint density at radius 2 is 2.06 bits per heavy atom. The summed E-state index contributed by atoms with van der Waals surface area (Å²) in [6.07, 6.45) is 11.0. The molecule has 2 aliphatic carbocycles. The molecule has 0 amide bonds. The van der Waals surface area contributed by atoms with Crippen molar-refractivity contribution in [1.29, 1.82) is 0 Å². The van der Waals surface area contributed by atoms with Crippen molar-refractivity contribution in [2.75, 3.05) is 13.6 Å². The minimum atomic E-state index is 0.803. The molecule has 0 spiro atoms. The SMILES string of the molecule is CN1CCCC2C3CCCC4NC=C(C[C@H]21)C43. The van der Waals surface area contributed by atoms with Gasteiger partial charge in [0, 0.05) is 18.0 Å². The maximum atomic E-state index is 3.67. The number of likely N-dealkylation sites (tertiary alicyclic amines) is 1. The van der Waals surface area contributed by atoms with Gasteiger partial charge in [0.1, 0.15) is 0 Å². The molecule has 1 N–H and O–H groups in total. The Balaban J connectivity index is 1.68. The molecule has 94 valence electrons. The Hall–Kier alpha value is -0.500. The Labute approximate surface area is 104 Å². The first-order valence-corrected chi connectivity index (χ1v) is 7.50. The molecule has 4 aliphatic rings. The molecule has 0 radical (unpaired) electrons. The van der Waals surface area contributed by atoms with Crippen molar-refractivity contribution in [3.05, 3.63) is 11.8 Å². The molecular weight excluding hydrogens is 208 g/mol. The van der Waals surface area contributed by atoms with Crippen LogP contribution in [0.15, 0.2) is 11.8 Å². The van der Waals surface area contributed by atoms with Crippen molar-refractivity contribution >= 4 is 0 Å². The van der Waals surface area contributed by atoms with Gasteiger partial charge in [-0.2, -0.15) is 0 Å². The number of nitrogens with zero attached hydrogens (tertiary/aromatic N) is 1. The fourth-order valence-corrected chi connectivity index (χ4v) is 5.25. The third kappa shape index (κ3) is 1.43. The van der Waals surface area contributed by atoms with E-state index in [0.717, 1.165) is 29.8 Å². The first-order chi connectivity index (χ1) is 8.34. The molecule has 17 heavy (non-hydrogen) atoms. The van der Waals surface area contributed by atoms with Crippen molar-refractivity contribution in [3.8, 4) is 0 Å². The van der Waals surface area contributed by atoms with Gasteiger partial charge in [0.2, 0.25) is 0 Å². The Kier molecular flexibility index (Phi) is 2.30. The van der Waals surface area contributed by atoms with E-state index in [1.54, 1.807) is 5.57 Å². The summed E-state index contributed by atoms with van der Waals surface area (Å²) in [6.45, 7) is 1.32. The van der Waals surface area contributed by atoms with Gasteiger partial charge in [-0.1, -0.05) is 6.42 Å². The monoisotopic (exact) mass is 232 g/mol. The van der Waals surface area contributed by atoms with Crippen LogP contribution in [0.3, 0.4) is 0 Å². The van der Waals surface area contributed by atoms with Gasteiger partial charge in [-0.25, -0.2) is 0 Å². The average molecular weight is 232 g/mol. The Bertz CT molecular complexity index is 349. The van der Waals surface area contributed by atoms with Crippen LogP contribution in [0, 0.1) is 17.8 Å². The predicted octanol–water partition coefficient (Wildman–Crippen LogP) is 2.37. The molecule has 1 saturated heterocycles. The van der Waals surface area contributed by atoms with Gasteiger partial charge >= 0.3 is 0 Å². The molecule has 2 saturated carbocycles. The highest BCUT2D eigenvalue weighted by molar-refractivity contribution is 5.24. The van der Waals surface area contributed by atoms with Gasteiger partial charge in [-0.3, -0.25) is 0 Å². The van der Waals surface area contributed by atoms with E-state index in [9.17, 15) is 0 Å². The van der Waals surface area contributed by atoms with Crippen molar-refractivity contribution in [1.82, 2.24) is 10.2 Å². The molecule has 0 aromatic carbocycles. The molecule has 4 rings (SSSR count). The van der Waals surface area contributed by atoms with Gasteiger partial charge in [0.05, 0.1) is 0 Å². The maximum Gasteiger partial charge on any atom is 0.0324 e. The second-order valence-electron chi connectivity index (χ2n) is 6.67. The van der Waals surface area contributed by atoms with Gasteiger partial charge < -0.3 is 10.2 Å². The molecule has 2 heterocycles. The van der Waals surface area contributed by atoms with E-state index in [1.165, 1.54) is 45.1 Å². The summed E-state index contributed by atoms with van der Waals surface area (Å²) >= 11 is 0. The van der Waals surface area contributed by atoms with Crippen LogP contribution < -0.4 is 5.32 Å². The fourth-order valence-electron chi connectivity index (χ4n) is 5.25. The Morgan fingerprint density at radius 1 is 1.18 bits per heavy atom. The summed E-state index contributed by atoms with van der Waals surface area (Å²) in [7, 11) is 2.35. The standard InChI is InChI=1S/C15H24N2/c1-17-7-3-5-11-12-4-2-6-13-15(12)10(9-16-13)8-14(11)17/h9,11-16H,2-8H2,1H3/t11?,12?,13?,14-,15?/m1/s1. The number of hydrogen-bond donors (Lipinski definition) is 1. The van der Waals surface area contributed by atoms with Crippen LogP contribution in [0.4, 0.5) is 0 Å². The third-order valence-corrected chi connectivity index (χ3v) is 5.96. The zero-order valence-corrected chi connectivity index (χ0v) is 10.9. The summed E-state index contributed by atoms with van der Waals surface area (Å²) in [5.41, 5.74) is 1.76. The highest BCUT2D eigenvalue weighted by Gasteiger charge is 2.49.